The maximum absolute atomic E-state index is 12.9. The van der Waals surface area contributed by atoms with Gasteiger partial charge in [-0.3, -0.25) is 9.69 Å². The summed E-state index contributed by atoms with van der Waals surface area (Å²) in [6.07, 6.45) is 2.68. The monoisotopic (exact) mass is 397 g/mol. The van der Waals surface area contributed by atoms with Crippen molar-refractivity contribution >= 4 is 18.4 Å². The molecule has 2 heterocycles. The van der Waals surface area contributed by atoms with E-state index in [1.165, 1.54) is 24.3 Å². The van der Waals surface area contributed by atoms with Gasteiger partial charge in [-0.25, -0.2) is 4.39 Å². The Balaban J connectivity index is 0.00000210. The zero-order chi connectivity index (χ0) is 18.1. The number of aromatic nitrogens is 2. The number of carboxylic acids is 1. The molecule has 0 amide bonds. The quantitative estimate of drug-likeness (QED) is 0.801. The molecule has 1 saturated carbocycles. The average molecular weight is 398 g/mol. The van der Waals surface area contributed by atoms with Gasteiger partial charge in [-0.15, -0.1) is 12.4 Å². The topological polar surface area (TPSA) is 88.7 Å². The Hall–Kier alpha value is -2.19. The van der Waals surface area contributed by atoms with Crippen molar-refractivity contribution in [1.82, 2.24) is 15.0 Å². The highest BCUT2D eigenvalue weighted by molar-refractivity contribution is 5.85. The number of carboxylic acid groups (broad SMARTS) is 1. The van der Waals surface area contributed by atoms with E-state index in [2.05, 4.69) is 15.0 Å². The van der Waals surface area contributed by atoms with E-state index in [4.69, 9.17) is 9.26 Å². The molecule has 0 radical (unpaired) electrons. The third-order valence-electron chi connectivity index (χ3n) is 5.42. The lowest BCUT2D eigenvalue weighted by Crippen LogP contribution is -2.35. The minimum atomic E-state index is -0.693. The fourth-order valence-corrected chi connectivity index (χ4v) is 4.15. The van der Waals surface area contributed by atoms with Gasteiger partial charge in [0.1, 0.15) is 11.6 Å². The second kappa shape index (κ2) is 7.82. The van der Waals surface area contributed by atoms with E-state index in [-0.39, 0.29) is 30.7 Å². The summed E-state index contributed by atoms with van der Waals surface area (Å²) in [7, 11) is 0. The lowest BCUT2D eigenvalue weighted by molar-refractivity contribution is -0.149. The smallest absolute Gasteiger partial charge is 0.311 e. The van der Waals surface area contributed by atoms with Crippen molar-refractivity contribution in [2.75, 3.05) is 13.1 Å². The molecule has 9 heteroatoms. The minimum absolute atomic E-state index is 0. The number of halogens is 2. The Morgan fingerprint density at radius 1 is 1.41 bits per heavy atom. The van der Waals surface area contributed by atoms with E-state index in [1.54, 1.807) is 0 Å². The van der Waals surface area contributed by atoms with Crippen molar-refractivity contribution in [2.45, 2.75) is 32.4 Å². The van der Waals surface area contributed by atoms with Gasteiger partial charge < -0.3 is 14.4 Å². The average Bonchev–Trinajstić information content (AvgIpc) is 3.29. The molecule has 27 heavy (non-hydrogen) atoms. The summed E-state index contributed by atoms with van der Waals surface area (Å²) >= 11 is 0. The lowest BCUT2D eigenvalue weighted by atomic mass is 9.81. The summed E-state index contributed by atoms with van der Waals surface area (Å²) in [6, 6.07) is 5.70. The molecule has 7 nitrogen and oxygen atoms in total. The van der Waals surface area contributed by atoms with Crippen LogP contribution in [0.4, 0.5) is 4.39 Å². The Morgan fingerprint density at radius 2 is 2.19 bits per heavy atom. The summed E-state index contributed by atoms with van der Waals surface area (Å²) in [4.78, 5) is 18.1. The zero-order valence-electron chi connectivity index (χ0n) is 14.6. The fourth-order valence-electron chi connectivity index (χ4n) is 4.15. The highest BCUT2D eigenvalue weighted by Gasteiger charge is 2.54. The number of ether oxygens (including phenoxy) is 1. The second-order valence-electron chi connectivity index (χ2n) is 7.07. The first-order valence-corrected chi connectivity index (χ1v) is 8.71. The zero-order valence-corrected chi connectivity index (χ0v) is 15.5. The Kier molecular flexibility index (Phi) is 5.67. The van der Waals surface area contributed by atoms with Gasteiger partial charge in [-0.1, -0.05) is 11.6 Å². The number of likely N-dealkylation sites (tertiary alicyclic amines) is 1. The number of benzene rings is 1. The maximum Gasteiger partial charge on any atom is 0.311 e. The summed E-state index contributed by atoms with van der Waals surface area (Å²) < 4.78 is 23.6. The molecule has 0 spiro atoms. The van der Waals surface area contributed by atoms with E-state index in [0.29, 0.717) is 30.6 Å². The summed E-state index contributed by atoms with van der Waals surface area (Å²) in [5, 5.41) is 13.5. The molecule has 1 N–H and O–H groups in total. The highest BCUT2D eigenvalue weighted by Crippen LogP contribution is 2.49. The molecular weight excluding hydrogens is 377 g/mol. The van der Waals surface area contributed by atoms with Crippen molar-refractivity contribution in [3.63, 3.8) is 0 Å². The number of hydrogen-bond donors (Lipinski definition) is 1. The number of fused-ring (bicyclic) bond motifs is 1. The molecule has 2 atom stereocenters. The first kappa shape index (κ1) is 19.6. The van der Waals surface area contributed by atoms with E-state index < -0.39 is 11.4 Å². The third kappa shape index (κ3) is 3.91. The number of hydrogen-bond acceptors (Lipinski definition) is 6. The van der Waals surface area contributed by atoms with Crippen LogP contribution in [0, 0.1) is 17.2 Å². The van der Waals surface area contributed by atoms with Gasteiger partial charge in [-0.05, 0) is 43.0 Å². The van der Waals surface area contributed by atoms with E-state index in [9.17, 15) is 14.3 Å². The standard InChI is InChI=1S/C18H20FN3O4.ClH/c19-13-3-5-14(6-4-13)25-10-15-20-16(26-21-15)9-22-8-12-2-1-7-18(12,11-22)17(23)24;/h3-6,12H,1-2,7-11H2,(H,23,24);1H/t12-,18+;/m0./s1. The molecule has 2 fully saturated rings. The fraction of sp³-hybridized carbons (Fsp3) is 0.500. The van der Waals surface area contributed by atoms with Crippen molar-refractivity contribution in [3.05, 3.63) is 41.8 Å². The molecule has 146 valence electrons. The predicted octanol–water partition coefficient (Wildman–Crippen LogP) is 2.90. The van der Waals surface area contributed by atoms with Crippen LogP contribution >= 0.6 is 12.4 Å². The summed E-state index contributed by atoms with van der Waals surface area (Å²) in [6.45, 7) is 1.83. The van der Waals surface area contributed by atoms with Crippen molar-refractivity contribution < 1.29 is 23.6 Å². The molecule has 4 rings (SSSR count). The first-order valence-electron chi connectivity index (χ1n) is 8.71. The molecular formula is C18H21ClFN3O4. The minimum Gasteiger partial charge on any atom is -0.485 e. The first-order chi connectivity index (χ1) is 12.5. The Bertz CT molecular complexity index is 800. The van der Waals surface area contributed by atoms with E-state index >= 15 is 0 Å². The molecule has 0 bridgehead atoms. The van der Waals surface area contributed by atoms with Gasteiger partial charge in [0.2, 0.25) is 11.7 Å². The van der Waals surface area contributed by atoms with Crippen molar-refractivity contribution in [2.24, 2.45) is 11.3 Å². The molecule has 2 aromatic rings. The number of nitrogens with zero attached hydrogens (tertiary/aromatic N) is 3. The van der Waals surface area contributed by atoms with Crippen LogP contribution in [-0.2, 0) is 17.9 Å². The van der Waals surface area contributed by atoms with Gasteiger partial charge in [0.05, 0.1) is 12.0 Å². The molecule has 1 saturated heterocycles. The van der Waals surface area contributed by atoms with E-state index in [0.717, 1.165) is 25.8 Å². The Labute approximate surface area is 161 Å². The molecule has 0 unspecified atom stereocenters. The lowest BCUT2D eigenvalue weighted by Gasteiger charge is -2.23. The third-order valence-corrected chi connectivity index (χ3v) is 5.42. The SMILES string of the molecule is Cl.O=C(O)[C@@]12CCC[C@H]1CN(Cc1nc(COc3ccc(F)cc3)no1)C2. The van der Waals surface area contributed by atoms with Gasteiger partial charge >= 0.3 is 5.97 Å². The van der Waals surface area contributed by atoms with Crippen molar-refractivity contribution in [3.8, 4) is 5.75 Å². The van der Waals surface area contributed by atoms with Crippen LogP contribution in [0.15, 0.2) is 28.8 Å². The molecule has 1 aliphatic heterocycles. The summed E-state index contributed by atoms with van der Waals surface area (Å²) in [5.74, 6) is 0.549. The number of aliphatic carboxylic acids is 1. The molecule has 1 aliphatic carbocycles. The van der Waals surface area contributed by atoms with Gasteiger partial charge in [-0.2, -0.15) is 4.98 Å². The predicted molar refractivity (Wildman–Crippen MR) is 95.0 cm³/mol. The van der Waals surface area contributed by atoms with Crippen LogP contribution in [0.5, 0.6) is 5.75 Å². The van der Waals surface area contributed by atoms with Crippen molar-refractivity contribution in [1.29, 1.82) is 0 Å². The van der Waals surface area contributed by atoms with Crippen LogP contribution in [0.25, 0.3) is 0 Å². The van der Waals surface area contributed by atoms with Crippen LogP contribution in [0.3, 0.4) is 0 Å². The van der Waals surface area contributed by atoms with Gasteiger partial charge in [0, 0.05) is 13.1 Å². The van der Waals surface area contributed by atoms with Gasteiger partial charge in [0.15, 0.2) is 6.61 Å². The second-order valence-corrected chi connectivity index (χ2v) is 7.07. The van der Waals surface area contributed by atoms with Gasteiger partial charge in [0.25, 0.3) is 0 Å². The van der Waals surface area contributed by atoms with E-state index in [1.807, 2.05) is 0 Å². The van der Waals surface area contributed by atoms with Crippen LogP contribution in [0.2, 0.25) is 0 Å². The molecule has 1 aromatic heterocycles. The largest absolute Gasteiger partial charge is 0.485 e. The number of carbonyl (C=O) groups is 1. The maximum atomic E-state index is 12.9. The normalized spacial score (nSPS) is 24.4. The summed E-state index contributed by atoms with van der Waals surface area (Å²) in [5.41, 5.74) is -0.617. The van der Waals surface area contributed by atoms with Crippen LogP contribution in [0.1, 0.15) is 31.0 Å². The van der Waals surface area contributed by atoms with Crippen LogP contribution in [-0.4, -0.2) is 39.2 Å². The Morgan fingerprint density at radius 3 is 2.89 bits per heavy atom. The molecule has 2 aliphatic rings. The van der Waals surface area contributed by atoms with Crippen LogP contribution < -0.4 is 4.74 Å². The molecule has 1 aromatic carbocycles. The number of rotatable bonds is 6. The highest BCUT2D eigenvalue weighted by atomic mass is 35.5.